The van der Waals surface area contributed by atoms with Gasteiger partial charge in [-0.05, 0) is 23.6 Å². The zero-order chi connectivity index (χ0) is 18.2. The molecule has 5 nitrogen and oxygen atoms in total. The monoisotopic (exact) mass is 409 g/mol. The second-order valence-electron chi connectivity index (χ2n) is 5.33. The van der Waals surface area contributed by atoms with Crippen LogP contribution in [-0.4, -0.2) is 18.9 Å². The van der Waals surface area contributed by atoms with Gasteiger partial charge in [-0.15, -0.1) is 16.1 Å². The molecule has 0 saturated heterocycles. The van der Waals surface area contributed by atoms with Crippen molar-refractivity contribution in [2.24, 2.45) is 7.05 Å². The van der Waals surface area contributed by atoms with Crippen LogP contribution in [0.15, 0.2) is 35.7 Å². The molecule has 1 N–H and O–H groups in total. The number of halogens is 3. The van der Waals surface area contributed by atoms with Crippen molar-refractivity contribution in [2.45, 2.75) is 22.6 Å². The fourth-order valence-electron chi connectivity index (χ4n) is 2.33. The number of nitrogens with zero attached hydrogens (tertiary/aromatic N) is 2. The van der Waals surface area contributed by atoms with Crippen LogP contribution in [0, 0.1) is 0 Å². The average Bonchev–Trinajstić information content (AvgIpc) is 3.24. The second kappa shape index (κ2) is 6.88. The van der Waals surface area contributed by atoms with Gasteiger partial charge in [-0.3, -0.25) is 4.68 Å². The van der Waals surface area contributed by atoms with Crippen molar-refractivity contribution in [3.63, 3.8) is 0 Å². The van der Waals surface area contributed by atoms with E-state index in [1.807, 2.05) is 17.5 Å². The van der Waals surface area contributed by atoms with Crippen molar-refractivity contribution in [1.29, 1.82) is 0 Å². The van der Waals surface area contributed by atoms with E-state index in [2.05, 4.69) is 9.82 Å². The van der Waals surface area contributed by atoms with Crippen LogP contribution in [0.5, 0.6) is 0 Å². The summed E-state index contributed by atoms with van der Waals surface area (Å²) in [5.41, 5.74) is -0.675. The van der Waals surface area contributed by atoms with Crippen molar-refractivity contribution in [3.05, 3.63) is 52.0 Å². The Labute approximate surface area is 151 Å². The molecule has 0 aromatic carbocycles. The molecule has 3 rings (SSSR count). The van der Waals surface area contributed by atoms with E-state index in [9.17, 15) is 21.9 Å². The molecule has 25 heavy (non-hydrogen) atoms. The molecule has 0 spiro atoms. The number of aromatic nitrogens is 2. The summed E-state index contributed by atoms with van der Waals surface area (Å²) in [5.74, 6) is 0. The van der Waals surface area contributed by atoms with Crippen molar-refractivity contribution >= 4 is 33.5 Å². The van der Waals surface area contributed by atoms with Gasteiger partial charge in [-0.1, -0.05) is 28.1 Å². The van der Waals surface area contributed by atoms with E-state index in [0.717, 1.165) is 27.4 Å². The molecule has 136 valence electrons. The zero-order valence-electron chi connectivity index (χ0n) is 12.9. The quantitative estimate of drug-likeness (QED) is 0.606. The van der Waals surface area contributed by atoms with Crippen molar-refractivity contribution in [2.75, 3.05) is 0 Å². The summed E-state index contributed by atoms with van der Waals surface area (Å²) in [6, 6.07) is 4.60. The first kappa shape index (κ1) is 18.6. The maximum atomic E-state index is 12.9. The fraction of sp³-hybridized carbons (Fsp3) is 0.357. The fourth-order valence-corrected chi connectivity index (χ4v) is 5.94. The Morgan fingerprint density at radius 1 is 1.44 bits per heavy atom. The standard InChI is InChI=1S/C14H14F3N3O2S3/c1-20-12(14(15,16)17)7-10(19-20)11-4-5-13(24-11)25(21,22)18-8-9-3-2-6-23-9/h2-7,11,13H,8H2,1H3,(H-,18,21,22). The summed E-state index contributed by atoms with van der Waals surface area (Å²) in [6.45, 7) is 0.192. The SMILES string of the molecule is Cn1nc(C2C=CC([S+](=O)([O-])NCc3cccs3)S2)cc1C(F)(F)F. The number of aryl methyl sites for hydroxylation is 1. The third kappa shape index (κ3) is 4.17. The van der Waals surface area contributed by atoms with Gasteiger partial charge in [0.1, 0.15) is 16.1 Å². The molecular formula is C14H14F3N3O2S3. The van der Waals surface area contributed by atoms with Crippen LogP contribution in [0.1, 0.15) is 21.5 Å². The van der Waals surface area contributed by atoms with Crippen LogP contribution in [0.4, 0.5) is 13.2 Å². The van der Waals surface area contributed by atoms with Crippen LogP contribution in [-0.2, 0) is 34.4 Å². The van der Waals surface area contributed by atoms with Crippen LogP contribution in [0.3, 0.4) is 0 Å². The van der Waals surface area contributed by atoms with Gasteiger partial charge < -0.3 is 4.55 Å². The molecule has 0 amide bonds. The first-order chi connectivity index (χ1) is 11.7. The van der Waals surface area contributed by atoms with Gasteiger partial charge >= 0.3 is 6.18 Å². The van der Waals surface area contributed by atoms with Gasteiger partial charge in [0.15, 0.2) is 0 Å². The normalized spacial score (nSPS) is 23.1. The van der Waals surface area contributed by atoms with Crippen molar-refractivity contribution < 1.29 is 21.9 Å². The summed E-state index contributed by atoms with van der Waals surface area (Å²) < 4.78 is 65.7. The van der Waals surface area contributed by atoms with Crippen molar-refractivity contribution in [1.82, 2.24) is 14.5 Å². The highest BCUT2D eigenvalue weighted by atomic mass is 32.3. The summed E-state index contributed by atoms with van der Waals surface area (Å²) >= 11 is 2.48. The number of thioether (sulfide) groups is 1. The predicted molar refractivity (Wildman–Crippen MR) is 91.5 cm³/mol. The Morgan fingerprint density at radius 3 is 2.80 bits per heavy atom. The average molecular weight is 409 g/mol. The van der Waals surface area contributed by atoms with E-state index in [1.165, 1.54) is 24.5 Å². The molecule has 11 heteroatoms. The smallest absolute Gasteiger partial charge is 0.433 e. The van der Waals surface area contributed by atoms with E-state index in [4.69, 9.17) is 0 Å². The number of alkyl halides is 3. The number of hydrogen-bond donors (Lipinski definition) is 1. The molecule has 2 aromatic rings. The molecule has 3 atom stereocenters. The first-order valence-corrected chi connectivity index (χ1v) is 10.5. The van der Waals surface area contributed by atoms with Gasteiger partial charge in [-0.25, -0.2) is 0 Å². The molecule has 0 radical (unpaired) electrons. The third-order valence-electron chi connectivity index (χ3n) is 3.54. The minimum atomic E-state index is -4.50. The minimum absolute atomic E-state index is 0.187. The topological polar surface area (TPSA) is 70.0 Å². The zero-order valence-corrected chi connectivity index (χ0v) is 15.3. The second-order valence-corrected chi connectivity index (χ2v) is 9.84. The van der Waals surface area contributed by atoms with E-state index in [-0.39, 0.29) is 12.2 Å². The van der Waals surface area contributed by atoms with E-state index >= 15 is 0 Å². The largest absolute Gasteiger partial charge is 0.597 e. The Hall–Kier alpha value is -1.14. The van der Waals surface area contributed by atoms with Crippen LogP contribution >= 0.6 is 23.1 Å². The molecule has 0 fully saturated rings. The maximum absolute atomic E-state index is 12.9. The summed E-state index contributed by atoms with van der Waals surface area (Å²) in [4.78, 5) is 0.881. The Balaban J connectivity index is 1.67. The lowest BCUT2D eigenvalue weighted by Crippen LogP contribution is -2.36. The van der Waals surface area contributed by atoms with Crippen molar-refractivity contribution in [3.8, 4) is 0 Å². The van der Waals surface area contributed by atoms with Crippen LogP contribution in [0.2, 0.25) is 0 Å². The highest BCUT2D eigenvalue weighted by Crippen LogP contribution is 2.43. The molecule has 3 unspecified atom stereocenters. The molecular weight excluding hydrogens is 395 g/mol. The highest BCUT2D eigenvalue weighted by Gasteiger charge is 2.39. The number of rotatable bonds is 5. The van der Waals surface area contributed by atoms with Crippen LogP contribution < -0.4 is 4.72 Å². The maximum Gasteiger partial charge on any atom is 0.433 e. The highest BCUT2D eigenvalue weighted by molar-refractivity contribution is 8.15. The van der Waals surface area contributed by atoms with Gasteiger partial charge in [-0.2, -0.15) is 18.3 Å². The van der Waals surface area contributed by atoms with E-state index < -0.39 is 32.1 Å². The summed E-state index contributed by atoms with van der Waals surface area (Å²) in [7, 11) is -2.42. The van der Waals surface area contributed by atoms with E-state index in [1.54, 1.807) is 6.08 Å². The van der Waals surface area contributed by atoms with Crippen LogP contribution in [0.25, 0.3) is 0 Å². The molecule has 2 aromatic heterocycles. The molecule has 1 aliphatic rings. The third-order valence-corrected chi connectivity index (χ3v) is 7.94. The lowest BCUT2D eigenvalue weighted by atomic mass is 10.2. The Bertz CT molecular complexity index is 817. The van der Waals surface area contributed by atoms with Gasteiger partial charge in [0, 0.05) is 11.9 Å². The number of nitrogens with one attached hydrogen (secondary N) is 1. The summed E-state index contributed by atoms with van der Waals surface area (Å²) in [6.07, 6.45) is -1.45. The number of sulfonamides is 1. The van der Waals surface area contributed by atoms with Gasteiger partial charge in [0.25, 0.3) is 0 Å². The Kier molecular flexibility index (Phi) is 5.13. The molecule has 3 heterocycles. The lowest BCUT2D eigenvalue weighted by Gasteiger charge is -2.20. The molecule has 1 aliphatic heterocycles. The molecule has 0 saturated carbocycles. The molecule has 0 aliphatic carbocycles. The minimum Gasteiger partial charge on any atom is -0.597 e. The number of hydrogen-bond acceptors (Lipinski definition) is 5. The first-order valence-electron chi connectivity index (χ1n) is 7.12. The number of thiophene rings is 1. The molecule has 0 bridgehead atoms. The van der Waals surface area contributed by atoms with E-state index in [0.29, 0.717) is 0 Å². The van der Waals surface area contributed by atoms with Gasteiger partial charge in [0.2, 0.25) is 4.58 Å². The predicted octanol–water partition coefficient (Wildman–Crippen LogP) is 3.51. The lowest BCUT2D eigenvalue weighted by molar-refractivity contribution is -0.143. The Morgan fingerprint density at radius 2 is 2.20 bits per heavy atom. The summed E-state index contributed by atoms with van der Waals surface area (Å²) in [5, 5.41) is 5.19. The van der Waals surface area contributed by atoms with Gasteiger partial charge in [0.05, 0.1) is 17.5 Å².